The van der Waals surface area contributed by atoms with Crippen LogP contribution >= 0.6 is 15.9 Å². The van der Waals surface area contributed by atoms with Crippen LogP contribution in [0, 0.1) is 11.3 Å². The Morgan fingerprint density at radius 1 is 1.17 bits per heavy atom. The maximum absolute atomic E-state index is 12.1. The van der Waals surface area contributed by atoms with E-state index in [2.05, 4.69) is 21.2 Å². The van der Waals surface area contributed by atoms with Crippen molar-refractivity contribution in [2.45, 2.75) is 13.3 Å². The van der Waals surface area contributed by atoms with Crippen LogP contribution in [0.4, 0.5) is 11.4 Å². The number of rotatable bonds is 5. The molecule has 0 saturated carbocycles. The standard InChI is InChI=1S/C18H16BrN3O2/c1-13(23)22(15-8-6-14(12-20)7-9-15)11-10-18(24)21-17-5-3-2-4-16(17)19/h2-9H,10-11H2,1H3,(H,21,24). The van der Waals surface area contributed by atoms with E-state index in [9.17, 15) is 9.59 Å². The fourth-order valence-corrected chi connectivity index (χ4v) is 2.56. The average molecular weight is 386 g/mol. The van der Waals surface area contributed by atoms with Crippen molar-refractivity contribution in [3.8, 4) is 6.07 Å². The Balaban J connectivity index is 2.01. The van der Waals surface area contributed by atoms with Gasteiger partial charge < -0.3 is 10.2 Å². The van der Waals surface area contributed by atoms with E-state index in [1.807, 2.05) is 24.3 Å². The molecule has 0 aliphatic heterocycles. The van der Waals surface area contributed by atoms with Crippen LogP contribution in [0.1, 0.15) is 18.9 Å². The molecule has 122 valence electrons. The van der Waals surface area contributed by atoms with Crippen LogP contribution in [-0.2, 0) is 9.59 Å². The number of anilines is 2. The van der Waals surface area contributed by atoms with Crippen LogP contribution < -0.4 is 10.2 Å². The summed E-state index contributed by atoms with van der Waals surface area (Å²) < 4.78 is 0.800. The Labute approximate surface area is 149 Å². The monoisotopic (exact) mass is 385 g/mol. The van der Waals surface area contributed by atoms with Crippen molar-refractivity contribution in [2.75, 3.05) is 16.8 Å². The number of carbonyl (C=O) groups is 2. The lowest BCUT2D eigenvalue weighted by Crippen LogP contribution is -2.31. The maximum atomic E-state index is 12.1. The van der Waals surface area contributed by atoms with Gasteiger partial charge >= 0.3 is 0 Å². The summed E-state index contributed by atoms with van der Waals surface area (Å²) in [6.07, 6.45) is 0.168. The molecular weight excluding hydrogens is 370 g/mol. The number of nitrogens with one attached hydrogen (secondary N) is 1. The fraction of sp³-hybridized carbons (Fsp3) is 0.167. The first kappa shape index (κ1) is 17.7. The Hall–Kier alpha value is -2.65. The summed E-state index contributed by atoms with van der Waals surface area (Å²) >= 11 is 3.37. The van der Waals surface area contributed by atoms with Gasteiger partial charge in [0, 0.05) is 30.0 Å². The van der Waals surface area contributed by atoms with Crippen molar-refractivity contribution in [3.05, 3.63) is 58.6 Å². The molecule has 5 nitrogen and oxygen atoms in total. The first-order chi connectivity index (χ1) is 11.5. The molecule has 2 aromatic carbocycles. The van der Waals surface area contributed by atoms with Gasteiger partial charge in [0.05, 0.1) is 17.3 Å². The quantitative estimate of drug-likeness (QED) is 0.852. The van der Waals surface area contributed by atoms with E-state index in [4.69, 9.17) is 5.26 Å². The summed E-state index contributed by atoms with van der Waals surface area (Å²) in [4.78, 5) is 25.5. The lowest BCUT2D eigenvalue weighted by molar-refractivity contribution is -0.117. The first-order valence-corrected chi connectivity index (χ1v) is 8.13. The third kappa shape index (κ3) is 4.67. The second-order valence-corrected chi connectivity index (χ2v) is 5.96. The zero-order valence-electron chi connectivity index (χ0n) is 13.1. The van der Waals surface area contributed by atoms with Crippen LogP contribution in [0.5, 0.6) is 0 Å². The van der Waals surface area contributed by atoms with Crippen molar-refractivity contribution < 1.29 is 9.59 Å². The smallest absolute Gasteiger partial charge is 0.226 e. The van der Waals surface area contributed by atoms with Gasteiger partial charge in [0.1, 0.15) is 0 Å². The molecule has 24 heavy (non-hydrogen) atoms. The van der Waals surface area contributed by atoms with Gasteiger partial charge in [0.2, 0.25) is 11.8 Å². The molecule has 0 saturated heterocycles. The van der Waals surface area contributed by atoms with Gasteiger partial charge in [0.25, 0.3) is 0 Å². The topological polar surface area (TPSA) is 73.2 Å². The number of amides is 2. The highest BCUT2D eigenvalue weighted by Crippen LogP contribution is 2.21. The van der Waals surface area contributed by atoms with E-state index in [-0.39, 0.29) is 24.8 Å². The molecule has 0 heterocycles. The van der Waals surface area contributed by atoms with Crippen LogP contribution in [0.3, 0.4) is 0 Å². The van der Waals surface area contributed by atoms with E-state index in [1.165, 1.54) is 11.8 Å². The van der Waals surface area contributed by atoms with Crippen molar-refractivity contribution in [2.24, 2.45) is 0 Å². The Kier molecular flexibility index (Phi) is 6.10. The van der Waals surface area contributed by atoms with Gasteiger partial charge in [-0.2, -0.15) is 5.26 Å². The van der Waals surface area contributed by atoms with Crippen LogP contribution in [0.25, 0.3) is 0 Å². The van der Waals surface area contributed by atoms with Crippen molar-refractivity contribution in [1.82, 2.24) is 0 Å². The Bertz CT molecular complexity index is 782. The molecule has 2 rings (SSSR count). The molecule has 1 N–H and O–H groups in total. The Morgan fingerprint density at radius 3 is 2.42 bits per heavy atom. The van der Waals surface area contributed by atoms with Gasteiger partial charge in [0.15, 0.2) is 0 Å². The molecule has 0 atom stereocenters. The maximum Gasteiger partial charge on any atom is 0.226 e. The molecule has 2 aromatic rings. The van der Waals surface area contributed by atoms with Crippen LogP contribution in [0.2, 0.25) is 0 Å². The minimum Gasteiger partial charge on any atom is -0.325 e. The highest BCUT2D eigenvalue weighted by Gasteiger charge is 2.14. The van der Waals surface area contributed by atoms with E-state index in [1.54, 1.807) is 30.3 Å². The number of hydrogen-bond donors (Lipinski definition) is 1. The van der Waals surface area contributed by atoms with E-state index in [0.29, 0.717) is 16.9 Å². The fourth-order valence-electron chi connectivity index (χ4n) is 2.17. The summed E-state index contributed by atoms with van der Waals surface area (Å²) in [5.41, 5.74) is 1.87. The molecule has 0 radical (unpaired) electrons. The van der Waals surface area contributed by atoms with Gasteiger partial charge in [-0.25, -0.2) is 0 Å². The second-order valence-electron chi connectivity index (χ2n) is 5.11. The zero-order chi connectivity index (χ0) is 17.5. The van der Waals surface area contributed by atoms with Crippen molar-refractivity contribution in [3.63, 3.8) is 0 Å². The lowest BCUT2D eigenvalue weighted by atomic mass is 10.2. The molecule has 0 unspecified atom stereocenters. The number of nitriles is 1. The minimum absolute atomic E-state index is 0.159. The number of carbonyl (C=O) groups excluding carboxylic acids is 2. The van der Waals surface area contributed by atoms with E-state index in [0.717, 1.165) is 4.47 Å². The average Bonchev–Trinajstić information content (AvgIpc) is 2.57. The molecule has 0 aromatic heterocycles. The van der Waals surface area contributed by atoms with Crippen molar-refractivity contribution >= 4 is 39.1 Å². The third-order valence-electron chi connectivity index (χ3n) is 3.40. The van der Waals surface area contributed by atoms with Crippen LogP contribution in [0.15, 0.2) is 53.0 Å². The predicted molar refractivity (Wildman–Crippen MR) is 96.6 cm³/mol. The minimum atomic E-state index is -0.179. The molecular formula is C18H16BrN3O2. The molecule has 0 bridgehead atoms. The summed E-state index contributed by atoms with van der Waals surface area (Å²) in [7, 11) is 0. The molecule has 2 amide bonds. The van der Waals surface area contributed by atoms with Gasteiger partial charge in [-0.3, -0.25) is 9.59 Å². The van der Waals surface area contributed by atoms with Gasteiger partial charge in [-0.05, 0) is 52.3 Å². The van der Waals surface area contributed by atoms with Crippen molar-refractivity contribution in [1.29, 1.82) is 5.26 Å². The molecule has 0 aliphatic carbocycles. The highest BCUT2D eigenvalue weighted by molar-refractivity contribution is 9.10. The zero-order valence-corrected chi connectivity index (χ0v) is 14.7. The third-order valence-corrected chi connectivity index (χ3v) is 4.09. The summed E-state index contributed by atoms with van der Waals surface area (Å²) in [5, 5.41) is 11.6. The summed E-state index contributed by atoms with van der Waals surface area (Å²) in [6.45, 7) is 1.71. The molecule has 0 spiro atoms. The predicted octanol–water partition coefficient (Wildman–Crippen LogP) is 3.70. The molecule has 0 fully saturated rings. The van der Waals surface area contributed by atoms with Gasteiger partial charge in [-0.15, -0.1) is 0 Å². The summed E-state index contributed by atoms with van der Waals surface area (Å²) in [5.74, 6) is -0.338. The normalized spacial score (nSPS) is 9.88. The van der Waals surface area contributed by atoms with Crippen LogP contribution in [-0.4, -0.2) is 18.4 Å². The largest absolute Gasteiger partial charge is 0.325 e. The van der Waals surface area contributed by atoms with E-state index < -0.39 is 0 Å². The van der Waals surface area contributed by atoms with Gasteiger partial charge in [-0.1, -0.05) is 12.1 Å². The number of benzene rings is 2. The number of hydrogen-bond acceptors (Lipinski definition) is 3. The Morgan fingerprint density at radius 2 is 1.83 bits per heavy atom. The number of halogens is 1. The summed E-state index contributed by atoms with van der Waals surface area (Å²) in [6, 6.07) is 16.1. The SMILES string of the molecule is CC(=O)N(CCC(=O)Nc1ccccc1Br)c1ccc(C#N)cc1. The lowest BCUT2D eigenvalue weighted by Gasteiger charge is -2.21. The molecule has 0 aliphatic rings. The number of para-hydroxylation sites is 1. The van der Waals surface area contributed by atoms with E-state index >= 15 is 0 Å². The second kappa shape index (κ2) is 8.27. The number of nitrogens with zero attached hydrogens (tertiary/aromatic N) is 2. The first-order valence-electron chi connectivity index (χ1n) is 7.34. The molecule has 6 heteroatoms. The highest BCUT2D eigenvalue weighted by atomic mass is 79.9.